The Hall–Kier alpha value is -1.55. The summed E-state index contributed by atoms with van der Waals surface area (Å²) in [5.41, 5.74) is 4.50. The van der Waals surface area contributed by atoms with E-state index in [9.17, 15) is 5.11 Å². The van der Waals surface area contributed by atoms with Crippen molar-refractivity contribution in [2.24, 2.45) is 0 Å². The van der Waals surface area contributed by atoms with E-state index < -0.39 is 5.60 Å². The van der Waals surface area contributed by atoms with Crippen LogP contribution in [-0.4, -0.2) is 18.2 Å². The number of rotatable bonds is 2. The van der Waals surface area contributed by atoms with Gasteiger partial charge in [0.2, 0.25) is 0 Å². The second kappa shape index (κ2) is 6.52. The molecule has 1 fully saturated rings. The third-order valence-corrected chi connectivity index (χ3v) is 5.09. The molecule has 0 bridgehead atoms. The minimum atomic E-state index is -0.671. The number of aliphatic hydroxyl groups is 1. The molecule has 2 heterocycles. The van der Waals surface area contributed by atoms with Crippen LogP contribution in [0.5, 0.6) is 0 Å². The smallest absolute Gasteiger partial charge is 0.0930 e. The summed E-state index contributed by atoms with van der Waals surface area (Å²) >= 11 is 0. The van der Waals surface area contributed by atoms with Crippen molar-refractivity contribution in [3.8, 4) is 0 Å². The Bertz CT molecular complexity index is 666. The molecule has 2 N–H and O–H groups in total. The van der Waals surface area contributed by atoms with E-state index in [-0.39, 0.29) is 12.4 Å². The quantitative estimate of drug-likeness (QED) is 0.887. The largest absolute Gasteiger partial charge is 0.385 e. The lowest BCUT2D eigenvalue weighted by Crippen LogP contribution is -2.42. The molecule has 122 valence electrons. The van der Waals surface area contributed by atoms with Crippen LogP contribution in [-0.2, 0) is 18.7 Å². The number of fused-ring (bicyclic) bond motifs is 1. The fraction of sp³-hybridized carbons (Fsp3) is 0.368. The Balaban J connectivity index is 0.00000156. The van der Waals surface area contributed by atoms with Crippen molar-refractivity contribution in [1.82, 2.24) is 5.32 Å². The molecular weight excluding hydrogens is 308 g/mol. The maximum atomic E-state index is 10.9. The van der Waals surface area contributed by atoms with Gasteiger partial charge in [-0.15, -0.1) is 12.4 Å². The zero-order chi connectivity index (χ0) is 15.0. The number of halogens is 1. The third-order valence-electron chi connectivity index (χ3n) is 5.09. The summed E-state index contributed by atoms with van der Waals surface area (Å²) < 4.78 is 0. The molecule has 4 heteroatoms. The van der Waals surface area contributed by atoms with Crippen LogP contribution in [0.1, 0.15) is 29.5 Å². The number of piperidine rings is 1. The van der Waals surface area contributed by atoms with Crippen molar-refractivity contribution >= 4 is 18.1 Å². The summed E-state index contributed by atoms with van der Waals surface area (Å²) in [7, 11) is 0. The molecule has 2 aromatic rings. The number of nitrogens with one attached hydrogen (secondary N) is 1. The van der Waals surface area contributed by atoms with E-state index in [1.54, 1.807) is 0 Å². The Morgan fingerprint density at radius 2 is 1.61 bits per heavy atom. The minimum absolute atomic E-state index is 0. The van der Waals surface area contributed by atoms with Crippen LogP contribution >= 0.6 is 12.4 Å². The first-order valence-corrected chi connectivity index (χ1v) is 8.10. The van der Waals surface area contributed by atoms with Gasteiger partial charge in [0.15, 0.2) is 0 Å². The molecular formula is C19H23ClN2O. The zero-order valence-corrected chi connectivity index (χ0v) is 14.0. The van der Waals surface area contributed by atoms with Crippen LogP contribution in [0.3, 0.4) is 0 Å². The molecule has 23 heavy (non-hydrogen) atoms. The first-order chi connectivity index (χ1) is 10.7. The number of anilines is 1. The van der Waals surface area contributed by atoms with Gasteiger partial charge < -0.3 is 15.3 Å². The Morgan fingerprint density at radius 1 is 0.913 bits per heavy atom. The van der Waals surface area contributed by atoms with Crippen molar-refractivity contribution in [2.75, 3.05) is 18.0 Å². The van der Waals surface area contributed by atoms with Gasteiger partial charge in [-0.3, -0.25) is 0 Å². The molecule has 2 aliphatic rings. The predicted molar refractivity (Wildman–Crippen MR) is 96.0 cm³/mol. The summed E-state index contributed by atoms with van der Waals surface area (Å²) in [6.07, 6.45) is 1.57. The average molecular weight is 331 g/mol. The topological polar surface area (TPSA) is 35.5 Å². The summed E-state index contributed by atoms with van der Waals surface area (Å²) in [5, 5.41) is 14.3. The highest BCUT2D eigenvalue weighted by Gasteiger charge is 2.34. The third kappa shape index (κ3) is 3.09. The first kappa shape index (κ1) is 16.3. The molecule has 0 amide bonds. The van der Waals surface area contributed by atoms with Gasteiger partial charge in [-0.2, -0.15) is 0 Å². The Labute approximate surface area is 143 Å². The lowest BCUT2D eigenvalue weighted by atomic mass is 9.84. The van der Waals surface area contributed by atoms with E-state index in [2.05, 4.69) is 28.4 Å². The number of hydrogen-bond acceptors (Lipinski definition) is 3. The standard InChI is InChI=1S/C19H22N2O.ClH/c22-19(17-4-2-1-3-5-17)8-10-21(11-9-19)18-7-6-15-13-20-14-16(15)12-18;/h1-7,12,20,22H,8-11,13-14H2;1H. The summed E-state index contributed by atoms with van der Waals surface area (Å²) in [5.74, 6) is 0. The van der Waals surface area contributed by atoms with Gasteiger partial charge in [0, 0.05) is 31.9 Å². The van der Waals surface area contributed by atoms with Gasteiger partial charge in [0.05, 0.1) is 5.60 Å². The van der Waals surface area contributed by atoms with E-state index in [1.165, 1.54) is 16.8 Å². The van der Waals surface area contributed by atoms with Crippen LogP contribution in [0.4, 0.5) is 5.69 Å². The molecule has 0 aliphatic carbocycles. The molecule has 0 unspecified atom stereocenters. The fourth-order valence-electron chi connectivity index (χ4n) is 3.65. The van der Waals surface area contributed by atoms with Crippen molar-refractivity contribution in [1.29, 1.82) is 0 Å². The predicted octanol–water partition coefficient (Wildman–Crippen LogP) is 3.20. The maximum absolute atomic E-state index is 10.9. The Morgan fingerprint density at radius 3 is 2.35 bits per heavy atom. The van der Waals surface area contributed by atoms with Crippen LogP contribution < -0.4 is 10.2 Å². The summed E-state index contributed by atoms with van der Waals surface area (Å²) in [6.45, 7) is 3.77. The van der Waals surface area contributed by atoms with Crippen LogP contribution in [0, 0.1) is 0 Å². The van der Waals surface area contributed by atoms with Gasteiger partial charge in [-0.1, -0.05) is 36.4 Å². The van der Waals surface area contributed by atoms with E-state index in [4.69, 9.17) is 0 Å². The highest BCUT2D eigenvalue weighted by molar-refractivity contribution is 5.85. The first-order valence-electron chi connectivity index (χ1n) is 8.10. The average Bonchev–Trinajstić information content (AvgIpc) is 3.04. The molecule has 2 aromatic carbocycles. The van der Waals surface area contributed by atoms with Crippen molar-refractivity contribution in [2.45, 2.75) is 31.5 Å². The van der Waals surface area contributed by atoms with Gasteiger partial charge in [-0.05, 0) is 41.7 Å². The second-order valence-corrected chi connectivity index (χ2v) is 6.44. The monoisotopic (exact) mass is 330 g/mol. The molecule has 0 spiro atoms. The van der Waals surface area contributed by atoms with Gasteiger partial charge in [0.25, 0.3) is 0 Å². The molecule has 3 nitrogen and oxygen atoms in total. The number of benzene rings is 2. The fourth-order valence-corrected chi connectivity index (χ4v) is 3.65. The molecule has 0 saturated carbocycles. The van der Waals surface area contributed by atoms with E-state index >= 15 is 0 Å². The van der Waals surface area contributed by atoms with Crippen molar-refractivity contribution in [3.63, 3.8) is 0 Å². The molecule has 2 aliphatic heterocycles. The zero-order valence-electron chi connectivity index (χ0n) is 13.2. The second-order valence-electron chi connectivity index (χ2n) is 6.44. The summed E-state index contributed by atoms with van der Waals surface area (Å²) in [6, 6.07) is 16.9. The van der Waals surface area contributed by atoms with Crippen molar-refractivity contribution < 1.29 is 5.11 Å². The number of nitrogens with zero attached hydrogens (tertiary/aromatic N) is 1. The molecule has 1 saturated heterocycles. The minimum Gasteiger partial charge on any atom is -0.385 e. The molecule has 0 aromatic heterocycles. The van der Waals surface area contributed by atoms with E-state index in [0.29, 0.717) is 0 Å². The van der Waals surface area contributed by atoms with E-state index in [0.717, 1.165) is 44.6 Å². The SMILES string of the molecule is Cl.OC1(c2ccccc2)CCN(c2ccc3c(c2)CNC3)CC1. The lowest BCUT2D eigenvalue weighted by molar-refractivity contribution is 0.0118. The van der Waals surface area contributed by atoms with Crippen molar-refractivity contribution in [3.05, 3.63) is 65.2 Å². The van der Waals surface area contributed by atoms with Crippen LogP contribution in [0.25, 0.3) is 0 Å². The highest BCUT2D eigenvalue weighted by Crippen LogP contribution is 2.35. The highest BCUT2D eigenvalue weighted by atomic mass is 35.5. The molecule has 0 atom stereocenters. The Kier molecular flexibility index (Phi) is 4.62. The normalized spacial score (nSPS) is 19.1. The van der Waals surface area contributed by atoms with Crippen LogP contribution in [0.2, 0.25) is 0 Å². The van der Waals surface area contributed by atoms with Gasteiger partial charge >= 0.3 is 0 Å². The summed E-state index contributed by atoms with van der Waals surface area (Å²) in [4.78, 5) is 2.40. The van der Waals surface area contributed by atoms with Crippen LogP contribution in [0.15, 0.2) is 48.5 Å². The van der Waals surface area contributed by atoms with E-state index in [1.807, 2.05) is 30.3 Å². The lowest BCUT2D eigenvalue weighted by Gasteiger charge is -2.39. The maximum Gasteiger partial charge on any atom is 0.0930 e. The van der Waals surface area contributed by atoms with Gasteiger partial charge in [-0.25, -0.2) is 0 Å². The van der Waals surface area contributed by atoms with Gasteiger partial charge in [0.1, 0.15) is 0 Å². The number of hydrogen-bond donors (Lipinski definition) is 2. The molecule has 0 radical (unpaired) electrons. The molecule has 4 rings (SSSR count).